The largest absolute Gasteiger partial charge is 0.397 e. The zero-order valence-electron chi connectivity index (χ0n) is 30.6. The highest BCUT2D eigenvalue weighted by atomic mass is 15.5. The molecule has 52 heavy (non-hydrogen) atoms. The number of nitrogens with two attached hydrogens (primary N) is 1. The van der Waals surface area contributed by atoms with Gasteiger partial charge in [-0.15, -0.1) is 0 Å². The van der Waals surface area contributed by atoms with Gasteiger partial charge in [-0.1, -0.05) is 134 Å². The number of anilines is 3. The Morgan fingerprint density at radius 1 is 0.808 bits per heavy atom. The van der Waals surface area contributed by atoms with Gasteiger partial charge in [-0.2, -0.15) is 0 Å². The number of aromatic nitrogens is 1. The lowest BCUT2D eigenvalue weighted by molar-refractivity contribution is 0.643. The van der Waals surface area contributed by atoms with E-state index in [2.05, 4.69) is 156 Å². The topological polar surface area (TPSA) is 58.2 Å². The van der Waals surface area contributed by atoms with Crippen LogP contribution in [0.15, 0.2) is 187 Å². The van der Waals surface area contributed by atoms with Gasteiger partial charge in [0.2, 0.25) is 0 Å². The van der Waals surface area contributed by atoms with Crippen LogP contribution in [0.1, 0.15) is 39.2 Å². The summed E-state index contributed by atoms with van der Waals surface area (Å²) in [7, 11) is 0. The highest BCUT2D eigenvalue weighted by Crippen LogP contribution is 2.42. The molecule has 0 amide bonds. The fourth-order valence-corrected chi connectivity index (χ4v) is 6.75. The van der Waals surface area contributed by atoms with Crippen molar-refractivity contribution < 1.29 is 0 Å². The Bertz CT molecular complexity index is 2190. The van der Waals surface area contributed by atoms with Crippen molar-refractivity contribution in [2.75, 3.05) is 16.9 Å². The number of nitrogens with zero attached hydrogens (tertiary/aromatic N) is 2. The number of allylic oxidation sites excluding steroid dienone is 13. The third kappa shape index (κ3) is 7.90. The average molecular weight is 684 g/mol. The van der Waals surface area contributed by atoms with Crippen LogP contribution in [0.3, 0.4) is 0 Å². The molecule has 2 heterocycles. The van der Waals surface area contributed by atoms with Gasteiger partial charge < -0.3 is 15.6 Å². The molecule has 0 fully saturated rings. The van der Waals surface area contributed by atoms with Crippen LogP contribution in [0.4, 0.5) is 17.1 Å². The molecule has 262 valence electrons. The molecule has 0 spiro atoms. The van der Waals surface area contributed by atoms with Crippen LogP contribution >= 0.6 is 0 Å². The molecule has 5 aromatic rings. The van der Waals surface area contributed by atoms with E-state index in [0.29, 0.717) is 5.70 Å². The minimum absolute atomic E-state index is 0.120. The lowest BCUT2D eigenvalue weighted by Gasteiger charge is -2.28. The number of hydrogen-bond acceptors (Lipinski definition) is 4. The SMILES string of the molecule is C\C=C/C=C(NN(c1ccccc1)c1ccccc1)/C(N)=C/C=C\C(C)C1/C=C\C=C/CNc2c1ccc1c3ccccc3n(/C(C)=C/C=C\C)c21. The molecule has 0 saturated heterocycles. The molecule has 6 rings (SSSR count). The molecule has 0 radical (unpaired) electrons. The van der Waals surface area contributed by atoms with Gasteiger partial charge in [0.1, 0.15) is 0 Å². The third-order valence-electron chi connectivity index (χ3n) is 9.36. The first-order valence-electron chi connectivity index (χ1n) is 18.1. The summed E-state index contributed by atoms with van der Waals surface area (Å²) >= 11 is 0. The number of benzene rings is 4. The predicted octanol–water partition coefficient (Wildman–Crippen LogP) is 11.7. The standard InChI is InChI=1S/C47H49N5/c1-5-7-22-36(4)51-45-31-18-17-28-40(45)42-33-32-41-39(27-16-11-19-34-49-46(41)47(42)51)35(3)21-20-29-43(48)44(30-8-6-2)50-52(37-23-12-9-13-24-37)38-25-14-10-15-26-38/h5-33,35,39,49-50H,34,48H2,1-4H3/b7-5-,8-6-,19-11-,21-20-,27-16-,36-22+,43-29-,44-30-. The summed E-state index contributed by atoms with van der Waals surface area (Å²) in [6.45, 7) is 9.26. The Balaban J connectivity index is 1.36. The first-order chi connectivity index (χ1) is 25.5. The lowest BCUT2D eigenvalue weighted by Crippen LogP contribution is -2.35. The smallest absolute Gasteiger partial charge is 0.0775 e. The summed E-state index contributed by atoms with van der Waals surface area (Å²) < 4.78 is 2.41. The van der Waals surface area contributed by atoms with Crippen LogP contribution < -0.4 is 21.5 Å². The van der Waals surface area contributed by atoms with E-state index in [1.807, 2.05) is 67.6 Å². The van der Waals surface area contributed by atoms with Gasteiger partial charge in [-0.05, 0) is 80.8 Å². The molecule has 1 aliphatic rings. The Labute approximate surface area is 308 Å². The van der Waals surface area contributed by atoms with E-state index >= 15 is 0 Å². The Hall–Kier alpha value is -6.20. The van der Waals surface area contributed by atoms with Gasteiger partial charge in [0.25, 0.3) is 0 Å². The molecule has 0 aliphatic carbocycles. The molecule has 5 heteroatoms. The van der Waals surface area contributed by atoms with Crippen molar-refractivity contribution in [3.8, 4) is 0 Å². The molecule has 0 bridgehead atoms. The van der Waals surface area contributed by atoms with Crippen molar-refractivity contribution in [2.45, 2.75) is 33.6 Å². The van der Waals surface area contributed by atoms with Crippen LogP contribution in [-0.4, -0.2) is 11.1 Å². The molecule has 5 nitrogen and oxygen atoms in total. The zero-order valence-corrected chi connectivity index (χ0v) is 30.6. The van der Waals surface area contributed by atoms with Gasteiger partial charge >= 0.3 is 0 Å². The summed E-state index contributed by atoms with van der Waals surface area (Å²) in [5.74, 6) is 0.290. The van der Waals surface area contributed by atoms with E-state index in [1.165, 1.54) is 38.8 Å². The molecule has 1 aromatic heterocycles. The minimum Gasteiger partial charge on any atom is -0.397 e. The van der Waals surface area contributed by atoms with Crippen molar-refractivity contribution in [2.24, 2.45) is 11.7 Å². The molecule has 4 aromatic carbocycles. The van der Waals surface area contributed by atoms with Crippen LogP contribution in [0.2, 0.25) is 0 Å². The van der Waals surface area contributed by atoms with Gasteiger partial charge in [0.15, 0.2) is 0 Å². The molecule has 2 unspecified atom stereocenters. The second-order valence-electron chi connectivity index (χ2n) is 12.9. The normalized spacial score (nSPS) is 17.5. The third-order valence-corrected chi connectivity index (χ3v) is 9.36. The number of hydrogen-bond donors (Lipinski definition) is 3. The highest BCUT2D eigenvalue weighted by molar-refractivity contribution is 6.14. The number of para-hydroxylation sites is 3. The van der Waals surface area contributed by atoms with E-state index in [9.17, 15) is 0 Å². The van der Waals surface area contributed by atoms with Crippen molar-refractivity contribution in [3.63, 3.8) is 0 Å². The number of rotatable bonds is 11. The Morgan fingerprint density at radius 2 is 1.48 bits per heavy atom. The van der Waals surface area contributed by atoms with E-state index in [0.717, 1.165) is 23.6 Å². The molecule has 1 aliphatic heterocycles. The van der Waals surface area contributed by atoms with Crippen LogP contribution in [0.5, 0.6) is 0 Å². The van der Waals surface area contributed by atoms with E-state index in [1.54, 1.807) is 0 Å². The van der Waals surface area contributed by atoms with E-state index in [4.69, 9.17) is 5.73 Å². The average Bonchev–Trinajstić information content (AvgIpc) is 3.56. The van der Waals surface area contributed by atoms with Crippen molar-refractivity contribution in [3.05, 3.63) is 193 Å². The van der Waals surface area contributed by atoms with Gasteiger partial charge in [-0.3, -0.25) is 10.4 Å². The monoisotopic (exact) mass is 683 g/mol. The fraction of sp³-hybridized carbons (Fsp3) is 0.149. The zero-order chi connectivity index (χ0) is 36.3. The first kappa shape index (κ1) is 35.6. The quantitative estimate of drug-likeness (QED) is 0.0958. The van der Waals surface area contributed by atoms with Crippen molar-refractivity contribution >= 4 is 44.6 Å². The molecular weight excluding hydrogens is 635 g/mol. The van der Waals surface area contributed by atoms with Crippen LogP contribution in [-0.2, 0) is 0 Å². The molecular formula is C47H49N5. The van der Waals surface area contributed by atoms with E-state index < -0.39 is 0 Å². The molecule has 2 atom stereocenters. The Morgan fingerprint density at radius 3 is 2.19 bits per heavy atom. The molecule has 4 N–H and O–H groups in total. The summed E-state index contributed by atoms with van der Waals surface area (Å²) in [6.07, 6.45) is 27.5. The fourth-order valence-electron chi connectivity index (χ4n) is 6.75. The molecule has 0 saturated carbocycles. The van der Waals surface area contributed by atoms with Crippen LogP contribution in [0, 0.1) is 5.92 Å². The van der Waals surface area contributed by atoms with Crippen LogP contribution in [0.25, 0.3) is 27.5 Å². The van der Waals surface area contributed by atoms with Crippen molar-refractivity contribution in [1.82, 2.24) is 9.99 Å². The summed E-state index contributed by atoms with van der Waals surface area (Å²) in [5.41, 5.74) is 19.9. The second kappa shape index (κ2) is 17.1. The maximum Gasteiger partial charge on any atom is 0.0775 e. The van der Waals surface area contributed by atoms with Crippen molar-refractivity contribution in [1.29, 1.82) is 0 Å². The second-order valence-corrected chi connectivity index (χ2v) is 12.9. The van der Waals surface area contributed by atoms with Gasteiger partial charge in [-0.25, -0.2) is 0 Å². The number of hydrazine groups is 1. The lowest BCUT2D eigenvalue weighted by atomic mass is 9.84. The van der Waals surface area contributed by atoms with E-state index in [-0.39, 0.29) is 11.8 Å². The highest BCUT2D eigenvalue weighted by Gasteiger charge is 2.24. The van der Waals surface area contributed by atoms with Gasteiger partial charge in [0, 0.05) is 28.9 Å². The number of fused-ring (bicyclic) bond motifs is 5. The summed E-state index contributed by atoms with van der Waals surface area (Å²) in [6, 6.07) is 33.8. The Kier molecular flexibility index (Phi) is 11.7. The minimum atomic E-state index is 0.120. The van der Waals surface area contributed by atoms with Gasteiger partial charge in [0.05, 0.1) is 39.5 Å². The predicted molar refractivity (Wildman–Crippen MR) is 225 cm³/mol. The first-order valence-corrected chi connectivity index (χ1v) is 18.1. The summed E-state index contributed by atoms with van der Waals surface area (Å²) in [5, 5.41) is 8.37. The number of nitrogens with one attached hydrogen (secondary N) is 2. The maximum atomic E-state index is 6.82. The maximum absolute atomic E-state index is 6.82. The summed E-state index contributed by atoms with van der Waals surface area (Å²) in [4.78, 5) is 0.